The fraction of sp³-hybridized carbons (Fsp3) is 0.250. The first-order chi connectivity index (χ1) is 3.79. The lowest BCUT2D eigenvalue weighted by atomic mass is 10.4. The lowest BCUT2D eigenvalue weighted by molar-refractivity contribution is -0.0802. The molecular weight excluding hydrogens is 108 g/mol. The largest absolute Gasteiger partial charge is 0.507 e. The van der Waals surface area contributed by atoms with Gasteiger partial charge in [0.25, 0.3) is 0 Å². The first-order valence-corrected chi connectivity index (χ1v) is 2.18. The average molecular weight is 114 g/mol. The summed E-state index contributed by atoms with van der Waals surface area (Å²) in [5.41, 5.74) is 0. The van der Waals surface area contributed by atoms with Crippen LogP contribution in [-0.2, 0) is 0 Å². The summed E-state index contributed by atoms with van der Waals surface area (Å²) in [4.78, 5) is 0. The molecule has 2 N–H and O–H groups in total. The molecular formula is C4H6N2O2. The Bertz CT molecular complexity index is 141. The van der Waals surface area contributed by atoms with Crippen LogP contribution in [0.15, 0.2) is 16.9 Å². The van der Waals surface area contributed by atoms with Crippen LogP contribution in [0.1, 0.15) is 0 Å². The number of hydroxylamine groups is 1. The number of hydrazone groups is 1. The topological polar surface area (TPSA) is 56.1 Å². The number of hydrogen-bond donors (Lipinski definition) is 2. The van der Waals surface area contributed by atoms with Gasteiger partial charge in [-0.05, 0) is 6.08 Å². The Labute approximate surface area is 46.3 Å². The standard InChI is InChI=1S/C4H6N2O2/c7-4-1-2-6(8)5-3-4/h1,3,7-8H,2H2. The lowest BCUT2D eigenvalue weighted by Gasteiger charge is -2.09. The molecule has 0 saturated carbocycles. The van der Waals surface area contributed by atoms with E-state index in [0.717, 1.165) is 5.17 Å². The Kier molecular flexibility index (Phi) is 1.17. The van der Waals surface area contributed by atoms with Crippen molar-refractivity contribution in [3.05, 3.63) is 11.8 Å². The molecule has 0 fully saturated rings. The van der Waals surface area contributed by atoms with E-state index in [4.69, 9.17) is 10.3 Å². The fourth-order valence-electron chi connectivity index (χ4n) is 0.401. The predicted molar refractivity (Wildman–Crippen MR) is 27.7 cm³/mol. The van der Waals surface area contributed by atoms with E-state index in [1.165, 1.54) is 12.3 Å². The fourth-order valence-corrected chi connectivity index (χ4v) is 0.401. The van der Waals surface area contributed by atoms with E-state index < -0.39 is 0 Å². The van der Waals surface area contributed by atoms with Crippen molar-refractivity contribution >= 4 is 6.21 Å². The van der Waals surface area contributed by atoms with Crippen LogP contribution in [0.2, 0.25) is 0 Å². The molecule has 44 valence electrons. The van der Waals surface area contributed by atoms with Crippen LogP contribution in [-0.4, -0.2) is 28.2 Å². The summed E-state index contributed by atoms with van der Waals surface area (Å²) in [6.07, 6.45) is 2.62. The number of hydrogen-bond acceptors (Lipinski definition) is 4. The monoisotopic (exact) mass is 114 g/mol. The van der Waals surface area contributed by atoms with Crippen molar-refractivity contribution in [2.24, 2.45) is 5.10 Å². The number of allylic oxidation sites excluding steroid dienone is 1. The highest BCUT2D eigenvalue weighted by molar-refractivity contribution is 5.75. The van der Waals surface area contributed by atoms with Crippen molar-refractivity contribution in [3.63, 3.8) is 0 Å². The van der Waals surface area contributed by atoms with Gasteiger partial charge in [-0.1, -0.05) is 0 Å². The van der Waals surface area contributed by atoms with Gasteiger partial charge in [-0.25, -0.2) is 0 Å². The van der Waals surface area contributed by atoms with Gasteiger partial charge >= 0.3 is 0 Å². The molecule has 0 amide bonds. The maximum atomic E-state index is 8.60. The number of aliphatic hydroxyl groups excluding tert-OH is 1. The number of rotatable bonds is 0. The highest BCUT2D eigenvalue weighted by atomic mass is 16.5. The van der Waals surface area contributed by atoms with Crippen LogP contribution in [0.25, 0.3) is 0 Å². The second kappa shape index (κ2) is 1.83. The van der Waals surface area contributed by atoms with Crippen LogP contribution in [0.3, 0.4) is 0 Å². The summed E-state index contributed by atoms with van der Waals surface area (Å²) in [6.45, 7) is 0.252. The smallest absolute Gasteiger partial charge is 0.133 e. The van der Waals surface area contributed by atoms with Crippen LogP contribution >= 0.6 is 0 Å². The molecule has 0 bridgehead atoms. The molecule has 1 aliphatic heterocycles. The van der Waals surface area contributed by atoms with E-state index in [1.54, 1.807) is 0 Å². The molecule has 0 aromatic rings. The van der Waals surface area contributed by atoms with E-state index in [2.05, 4.69) is 5.10 Å². The molecule has 0 aromatic heterocycles. The number of nitrogens with zero attached hydrogens (tertiary/aromatic N) is 2. The minimum absolute atomic E-state index is 0.0929. The van der Waals surface area contributed by atoms with Crippen molar-refractivity contribution < 1.29 is 10.3 Å². The van der Waals surface area contributed by atoms with E-state index in [0.29, 0.717) is 0 Å². The van der Waals surface area contributed by atoms with Gasteiger partial charge in [0, 0.05) is 0 Å². The molecule has 1 aliphatic rings. The van der Waals surface area contributed by atoms with Crippen LogP contribution in [0.5, 0.6) is 0 Å². The molecule has 1 rings (SSSR count). The molecule has 1 heterocycles. The lowest BCUT2D eigenvalue weighted by Crippen LogP contribution is -2.16. The molecule has 4 nitrogen and oxygen atoms in total. The van der Waals surface area contributed by atoms with Gasteiger partial charge in [-0.2, -0.15) is 10.3 Å². The molecule has 4 heteroatoms. The maximum absolute atomic E-state index is 8.60. The first-order valence-electron chi connectivity index (χ1n) is 2.18. The van der Waals surface area contributed by atoms with Gasteiger partial charge in [0.1, 0.15) is 5.76 Å². The summed E-state index contributed by atoms with van der Waals surface area (Å²) < 4.78 is 0. The molecule has 0 aliphatic carbocycles. The second-order valence-electron chi connectivity index (χ2n) is 1.43. The molecule has 0 spiro atoms. The third-order valence-corrected chi connectivity index (χ3v) is 0.787. The molecule has 0 aromatic carbocycles. The normalized spacial score (nSPS) is 18.6. The Morgan fingerprint density at radius 2 is 2.50 bits per heavy atom. The van der Waals surface area contributed by atoms with Gasteiger partial charge < -0.3 is 5.11 Å². The third kappa shape index (κ3) is 0.974. The average Bonchev–Trinajstić information content (AvgIpc) is 1.77. The van der Waals surface area contributed by atoms with Crippen LogP contribution < -0.4 is 0 Å². The Balaban J connectivity index is 2.58. The van der Waals surface area contributed by atoms with Gasteiger partial charge in [0.05, 0.1) is 12.8 Å². The van der Waals surface area contributed by atoms with Crippen molar-refractivity contribution in [1.82, 2.24) is 5.17 Å². The van der Waals surface area contributed by atoms with Gasteiger partial charge in [-0.3, -0.25) is 5.21 Å². The Morgan fingerprint density at radius 3 is 2.88 bits per heavy atom. The van der Waals surface area contributed by atoms with Crippen molar-refractivity contribution in [2.45, 2.75) is 0 Å². The van der Waals surface area contributed by atoms with Gasteiger partial charge in [-0.15, -0.1) is 0 Å². The zero-order valence-corrected chi connectivity index (χ0v) is 4.15. The van der Waals surface area contributed by atoms with Gasteiger partial charge in [0.2, 0.25) is 0 Å². The Morgan fingerprint density at radius 1 is 1.75 bits per heavy atom. The highest BCUT2D eigenvalue weighted by Crippen LogP contribution is 1.94. The zero-order valence-electron chi connectivity index (χ0n) is 4.15. The van der Waals surface area contributed by atoms with E-state index in [-0.39, 0.29) is 12.3 Å². The summed E-state index contributed by atoms with van der Waals surface area (Å²) in [5, 5.41) is 21.2. The molecule has 0 radical (unpaired) electrons. The summed E-state index contributed by atoms with van der Waals surface area (Å²) in [6, 6.07) is 0. The highest BCUT2D eigenvalue weighted by Gasteiger charge is 1.98. The van der Waals surface area contributed by atoms with Crippen LogP contribution in [0, 0.1) is 0 Å². The summed E-state index contributed by atoms with van der Waals surface area (Å²) in [7, 11) is 0. The maximum Gasteiger partial charge on any atom is 0.133 e. The van der Waals surface area contributed by atoms with E-state index in [9.17, 15) is 0 Å². The molecule has 0 saturated heterocycles. The minimum Gasteiger partial charge on any atom is -0.507 e. The van der Waals surface area contributed by atoms with Crippen molar-refractivity contribution in [1.29, 1.82) is 0 Å². The van der Waals surface area contributed by atoms with E-state index >= 15 is 0 Å². The first kappa shape index (κ1) is 5.11. The SMILES string of the molecule is OC1=CCN(O)N=C1. The Hall–Kier alpha value is -1.03. The summed E-state index contributed by atoms with van der Waals surface area (Å²) in [5.74, 6) is 0.0929. The van der Waals surface area contributed by atoms with Gasteiger partial charge in [0.15, 0.2) is 0 Å². The summed E-state index contributed by atoms with van der Waals surface area (Å²) >= 11 is 0. The molecule has 8 heavy (non-hydrogen) atoms. The molecule has 0 atom stereocenters. The number of aliphatic hydroxyl groups is 1. The zero-order chi connectivity index (χ0) is 5.98. The van der Waals surface area contributed by atoms with E-state index in [1.807, 2.05) is 0 Å². The second-order valence-corrected chi connectivity index (χ2v) is 1.43. The van der Waals surface area contributed by atoms with Crippen molar-refractivity contribution in [2.75, 3.05) is 6.54 Å². The third-order valence-electron chi connectivity index (χ3n) is 0.787. The predicted octanol–water partition coefficient (Wildman–Crippen LogP) is 0.119. The minimum atomic E-state index is 0.0929. The molecule has 0 unspecified atom stereocenters. The quantitative estimate of drug-likeness (QED) is 0.470. The van der Waals surface area contributed by atoms with Crippen LogP contribution in [0.4, 0.5) is 0 Å². The van der Waals surface area contributed by atoms with Crippen molar-refractivity contribution in [3.8, 4) is 0 Å².